The fourth-order valence-electron chi connectivity index (χ4n) is 0. The summed E-state index contributed by atoms with van der Waals surface area (Å²) in [6.45, 7) is 0. The lowest BCUT2D eigenvalue weighted by Gasteiger charge is -1.82. The van der Waals surface area contributed by atoms with E-state index in [2.05, 4.69) is 0 Å². The summed E-state index contributed by atoms with van der Waals surface area (Å²) >= 11 is 0. The third kappa shape index (κ3) is 2.91. The lowest BCUT2D eigenvalue weighted by atomic mass is 15.9. The van der Waals surface area contributed by atoms with Crippen molar-refractivity contribution in [3.8, 4) is 0 Å². The molecule has 0 bridgehead atoms. The van der Waals surface area contributed by atoms with Crippen LogP contribution in [0.2, 0.25) is 0 Å². The Balaban J connectivity index is 4.43. The Kier molecular flexibility index (Phi) is 2.11. The van der Waals surface area contributed by atoms with E-state index in [1.165, 1.54) is 0 Å². The molecule has 0 aromatic heterocycles. The van der Waals surface area contributed by atoms with Gasteiger partial charge >= 0.3 is 0 Å². The van der Waals surface area contributed by atoms with E-state index < -0.39 is 18.4 Å². The van der Waals surface area contributed by atoms with Gasteiger partial charge in [0, 0.05) is 0 Å². The molecule has 4 nitrogen and oxygen atoms in total. The predicted molar refractivity (Wildman–Crippen MR) is 29.6 cm³/mol. The maximum absolute atomic E-state index is 9.84. The van der Waals surface area contributed by atoms with Crippen molar-refractivity contribution in [1.82, 2.24) is 0 Å². The number of hydrogen-bond acceptors (Lipinski definition) is 3. The zero-order chi connectivity index (χ0) is 6.08. The smallest absolute Gasteiger partial charge is 0.266 e. The fourth-order valence-corrected chi connectivity index (χ4v) is 0. The molecule has 44 valence electrons. The van der Waals surface area contributed by atoms with Crippen LogP contribution in [0.25, 0.3) is 0 Å². The van der Waals surface area contributed by atoms with Gasteiger partial charge < -0.3 is 0 Å². The van der Waals surface area contributed by atoms with E-state index in [0.29, 0.717) is 0 Å². The van der Waals surface area contributed by atoms with Crippen LogP contribution in [0.4, 0.5) is 0 Å². The lowest BCUT2D eigenvalue weighted by Crippen LogP contribution is -2.04. The molecule has 7 heavy (non-hydrogen) atoms. The summed E-state index contributed by atoms with van der Waals surface area (Å²) in [6.07, 6.45) is 0. The standard InChI is InChI=1S/H4O4S2Si/c1-5(2)6(3,4)7/h7H3,(H,1,2). The summed E-state index contributed by atoms with van der Waals surface area (Å²) < 4.78 is 37.1. The summed E-state index contributed by atoms with van der Waals surface area (Å²) in [5.74, 6) is 0. The second kappa shape index (κ2) is 2.03. The topological polar surface area (TPSA) is 71.4 Å². The molecule has 0 heterocycles. The van der Waals surface area contributed by atoms with Crippen molar-refractivity contribution in [2.24, 2.45) is 0 Å². The molecule has 1 atom stereocenters. The van der Waals surface area contributed by atoms with E-state index in [1.807, 2.05) is 0 Å². The second-order valence-electron chi connectivity index (χ2n) is 0.921. The van der Waals surface area contributed by atoms with E-state index >= 15 is 0 Å². The van der Waals surface area contributed by atoms with Gasteiger partial charge in [0.25, 0.3) is 10.1 Å². The second-order valence-corrected chi connectivity index (χ2v) is 10.4. The molecule has 0 aromatic rings. The van der Waals surface area contributed by atoms with Crippen LogP contribution in [-0.2, 0) is 18.4 Å². The molecule has 0 amide bonds. The minimum Gasteiger partial charge on any atom is -0.294 e. The van der Waals surface area contributed by atoms with E-state index in [-0.39, 0.29) is 9.39 Å². The molecule has 0 rings (SSSR count). The third-order valence-electron chi connectivity index (χ3n) is 0.259. The van der Waals surface area contributed by atoms with Crippen LogP contribution in [0, 0.1) is 0 Å². The van der Waals surface area contributed by atoms with Crippen LogP contribution in [0.1, 0.15) is 0 Å². The zero-order valence-electron chi connectivity index (χ0n) is 3.49. The van der Waals surface area contributed by atoms with E-state index in [0.717, 1.165) is 0 Å². The van der Waals surface area contributed by atoms with Gasteiger partial charge in [0.15, 0.2) is 9.39 Å². The van der Waals surface area contributed by atoms with Crippen molar-refractivity contribution in [3.05, 3.63) is 0 Å². The third-order valence-corrected chi connectivity index (χ3v) is 4.90. The first-order chi connectivity index (χ1) is 2.94. The summed E-state index contributed by atoms with van der Waals surface area (Å²) in [5.41, 5.74) is 0. The highest BCUT2D eigenvalue weighted by molar-refractivity contribution is 8.70. The van der Waals surface area contributed by atoms with Gasteiger partial charge in [-0.05, 0) is 0 Å². The minimum absolute atomic E-state index is 0.265. The summed E-state index contributed by atoms with van der Waals surface area (Å²) in [5, 5.41) is 0. The number of hydrogen-bond donors (Lipinski definition) is 1. The van der Waals surface area contributed by atoms with Gasteiger partial charge in [-0.15, -0.1) is 0 Å². The molecule has 0 saturated heterocycles. The first kappa shape index (κ1) is 7.28. The van der Waals surface area contributed by atoms with Crippen LogP contribution in [0.5, 0.6) is 0 Å². The van der Waals surface area contributed by atoms with E-state index in [1.54, 1.807) is 0 Å². The fraction of sp³-hybridized carbons (Fsp3) is 0. The van der Waals surface area contributed by atoms with E-state index in [9.17, 15) is 12.6 Å². The van der Waals surface area contributed by atoms with Gasteiger partial charge in [-0.1, -0.05) is 0 Å². The van der Waals surface area contributed by atoms with Gasteiger partial charge in [0.1, 0.15) is 0 Å². The van der Waals surface area contributed by atoms with Crippen LogP contribution in [-0.4, -0.2) is 26.6 Å². The first-order valence-corrected chi connectivity index (χ1v) is 7.22. The molecule has 0 aliphatic rings. The maximum Gasteiger partial charge on any atom is 0.266 e. The van der Waals surface area contributed by atoms with Crippen molar-refractivity contribution in [2.75, 3.05) is 0 Å². The van der Waals surface area contributed by atoms with Crippen LogP contribution >= 0.6 is 0 Å². The predicted octanol–water partition coefficient (Wildman–Crippen LogP) is -2.18. The Bertz CT molecular complexity index is 164. The first-order valence-electron chi connectivity index (χ1n) is 1.26. The van der Waals surface area contributed by atoms with Gasteiger partial charge in [-0.3, -0.25) is 4.55 Å². The molecule has 0 radical (unpaired) electrons. The highest BCUT2D eigenvalue weighted by Gasteiger charge is 2.06. The monoisotopic (exact) mass is 160 g/mol. The normalized spacial score (nSPS) is 16.7. The van der Waals surface area contributed by atoms with Crippen LogP contribution in [0.3, 0.4) is 0 Å². The molecule has 7 heteroatoms. The van der Waals surface area contributed by atoms with Crippen molar-refractivity contribution in [1.29, 1.82) is 0 Å². The summed E-state index contributed by atoms with van der Waals surface area (Å²) in [4.78, 5) is 0. The molecule has 0 spiro atoms. The zero-order valence-corrected chi connectivity index (χ0v) is 7.12. The van der Waals surface area contributed by atoms with Gasteiger partial charge in [-0.2, -0.15) is 0 Å². The van der Waals surface area contributed by atoms with Gasteiger partial charge in [0.2, 0.25) is 8.32 Å². The summed E-state index contributed by atoms with van der Waals surface area (Å²) in [6, 6.07) is 0. The van der Waals surface area contributed by atoms with Crippen LogP contribution < -0.4 is 0 Å². The Hall–Kier alpha value is 0.277. The van der Waals surface area contributed by atoms with Crippen molar-refractivity contribution in [3.63, 3.8) is 0 Å². The molecule has 0 aromatic carbocycles. The Morgan fingerprint density at radius 2 is 1.71 bits per heavy atom. The maximum atomic E-state index is 9.84. The Morgan fingerprint density at radius 3 is 1.71 bits per heavy atom. The Labute approximate surface area is 45.6 Å². The molecule has 1 N–H and O–H groups in total. The molecular formula is H4O4S2Si. The average molecular weight is 160 g/mol. The summed E-state index contributed by atoms with van der Waals surface area (Å²) in [7, 11) is -6.49. The minimum atomic E-state index is -3.57. The van der Waals surface area contributed by atoms with Crippen molar-refractivity contribution >= 4 is 27.8 Å². The van der Waals surface area contributed by atoms with Crippen LogP contribution in [0.15, 0.2) is 0 Å². The molecule has 0 aliphatic heterocycles. The lowest BCUT2D eigenvalue weighted by molar-refractivity contribution is 0.566. The highest BCUT2D eigenvalue weighted by Crippen LogP contribution is 1.82. The molecule has 1 unspecified atom stereocenters. The molecule has 0 saturated carbocycles. The average Bonchev–Trinajstić information content (AvgIpc) is 1.31. The number of rotatable bonds is 1. The molecule has 0 aliphatic carbocycles. The SMILES string of the molecule is O=S(O)S(=O)(=O)[SiH3]. The molecule has 0 fully saturated rings. The van der Waals surface area contributed by atoms with Crippen molar-refractivity contribution < 1.29 is 17.2 Å². The highest BCUT2D eigenvalue weighted by atomic mass is 33.2. The quantitative estimate of drug-likeness (QED) is 0.269. The van der Waals surface area contributed by atoms with Crippen molar-refractivity contribution in [2.45, 2.75) is 0 Å². The van der Waals surface area contributed by atoms with Gasteiger partial charge in [-0.25, -0.2) is 12.6 Å². The largest absolute Gasteiger partial charge is 0.294 e. The van der Waals surface area contributed by atoms with E-state index in [4.69, 9.17) is 4.55 Å². The molecular weight excluding hydrogens is 156 g/mol. The Morgan fingerprint density at radius 1 is 1.57 bits per heavy atom. The van der Waals surface area contributed by atoms with Gasteiger partial charge in [0.05, 0.1) is 0 Å².